The Hall–Kier alpha value is -1.03. The number of aliphatic hydroxyl groups is 2. The second kappa shape index (κ2) is 33.5. The molecule has 0 aromatic heterocycles. The smallest absolute Gasteiger partial charge is 0.462 e. The van der Waals surface area contributed by atoms with Gasteiger partial charge in [-0.25, -0.2) is 4.57 Å². The first-order valence-corrected chi connectivity index (χ1v) is 20.5. The molecule has 0 amide bonds. The molecule has 0 heterocycles. The molecule has 0 rings (SSSR count). The zero-order valence-corrected chi connectivity index (χ0v) is 30.9. The number of rotatable bonds is 36. The lowest BCUT2D eigenvalue weighted by atomic mass is 10.0. The molecule has 10 nitrogen and oxygen atoms in total. The van der Waals surface area contributed by atoms with Crippen LogP contribution in [0.3, 0.4) is 0 Å². The van der Waals surface area contributed by atoms with Crippen LogP contribution in [0.4, 0.5) is 0 Å². The molecule has 0 aromatic carbocycles. The standard InChI is InChI=1S/C36H71O10P/c1-3-5-7-9-11-13-15-16-18-20-22-24-26-28-36(40)46-34(32-45-47(41,42)44-30-33(38)29-37)31-43-35(39)27-25-23-21-19-17-14-12-10-8-6-4-2/h33-34,37-38H,3-32H2,1-2H3,(H,41,42)/t33-,34+/m0/s1. The van der Waals surface area contributed by atoms with Crippen LogP contribution in [-0.4, -0.2) is 65.7 Å². The second-order valence-electron chi connectivity index (χ2n) is 13.0. The summed E-state index contributed by atoms with van der Waals surface area (Å²) < 4.78 is 32.5. The zero-order valence-electron chi connectivity index (χ0n) is 30.0. The Morgan fingerprint density at radius 2 is 0.915 bits per heavy atom. The number of hydrogen-bond acceptors (Lipinski definition) is 9. The molecule has 3 N–H and O–H groups in total. The number of carbonyl (C=O) groups excluding carboxylic acids is 2. The van der Waals surface area contributed by atoms with Crippen molar-refractivity contribution in [2.24, 2.45) is 0 Å². The van der Waals surface area contributed by atoms with Crippen molar-refractivity contribution in [2.45, 2.75) is 193 Å². The molecular formula is C36H71O10P. The molecule has 0 aliphatic carbocycles. The van der Waals surface area contributed by atoms with Crippen LogP contribution in [0.5, 0.6) is 0 Å². The van der Waals surface area contributed by atoms with Gasteiger partial charge in [-0.1, -0.05) is 155 Å². The van der Waals surface area contributed by atoms with Gasteiger partial charge in [0.25, 0.3) is 0 Å². The minimum Gasteiger partial charge on any atom is -0.462 e. The van der Waals surface area contributed by atoms with Crippen LogP contribution in [0.2, 0.25) is 0 Å². The van der Waals surface area contributed by atoms with E-state index in [1.54, 1.807) is 0 Å². The summed E-state index contributed by atoms with van der Waals surface area (Å²) in [6.07, 6.45) is 26.4. The quantitative estimate of drug-likeness (QED) is 0.0329. The molecule has 47 heavy (non-hydrogen) atoms. The number of hydrogen-bond donors (Lipinski definition) is 3. The fourth-order valence-electron chi connectivity index (χ4n) is 5.29. The largest absolute Gasteiger partial charge is 0.472 e. The van der Waals surface area contributed by atoms with E-state index in [1.807, 2.05) is 0 Å². The maximum absolute atomic E-state index is 12.5. The number of aliphatic hydroxyl groups excluding tert-OH is 2. The highest BCUT2D eigenvalue weighted by atomic mass is 31.2. The van der Waals surface area contributed by atoms with Crippen molar-refractivity contribution in [1.29, 1.82) is 0 Å². The molecular weight excluding hydrogens is 623 g/mol. The van der Waals surface area contributed by atoms with Crippen LogP contribution < -0.4 is 0 Å². The van der Waals surface area contributed by atoms with Crippen molar-refractivity contribution in [3.8, 4) is 0 Å². The van der Waals surface area contributed by atoms with E-state index < -0.39 is 51.8 Å². The Kier molecular flexibility index (Phi) is 32.7. The minimum absolute atomic E-state index is 0.191. The van der Waals surface area contributed by atoms with Crippen LogP contribution in [0.25, 0.3) is 0 Å². The van der Waals surface area contributed by atoms with Gasteiger partial charge in [0, 0.05) is 12.8 Å². The highest BCUT2D eigenvalue weighted by Gasteiger charge is 2.27. The molecule has 1 unspecified atom stereocenters. The summed E-state index contributed by atoms with van der Waals surface area (Å²) in [5.41, 5.74) is 0. The lowest BCUT2D eigenvalue weighted by Gasteiger charge is -2.20. The summed E-state index contributed by atoms with van der Waals surface area (Å²) >= 11 is 0. The summed E-state index contributed by atoms with van der Waals surface area (Å²) in [6, 6.07) is 0. The molecule has 0 spiro atoms. The first-order chi connectivity index (χ1) is 22.7. The molecule has 0 aromatic rings. The van der Waals surface area contributed by atoms with E-state index in [-0.39, 0.29) is 19.4 Å². The lowest BCUT2D eigenvalue weighted by Crippen LogP contribution is -2.29. The fraction of sp³-hybridized carbons (Fsp3) is 0.944. The fourth-order valence-corrected chi connectivity index (χ4v) is 6.08. The van der Waals surface area contributed by atoms with E-state index >= 15 is 0 Å². The Morgan fingerprint density at radius 3 is 1.32 bits per heavy atom. The van der Waals surface area contributed by atoms with Gasteiger partial charge in [0.2, 0.25) is 0 Å². The number of phosphoric acid groups is 1. The van der Waals surface area contributed by atoms with Gasteiger partial charge in [0.1, 0.15) is 12.7 Å². The second-order valence-corrected chi connectivity index (χ2v) is 14.4. The first kappa shape index (κ1) is 46.0. The van der Waals surface area contributed by atoms with E-state index in [2.05, 4.69) is 18.4 Å². The number of carbonyl (C=O) groups is 2. The van der Waals surface area contributed by atoms with Gasteiger partial charge in [-0.05, 0) is 12.8 Å². The highest BCUT2D eigenvalue weighted by molar-refractivity contribution is 7.47. The Balaban J connectivity index is 4.35. The van der Waals surface area contributed by atoms with Crippen molar-refractivity contribution in [3.05, 3.63) is 0 Å². The molecule has 0 bridgehead atoms. The van der Waals surface area contributed by atoms with Crippen LogP contribution >= 0.6 is 7.82 Å². The van der Waals surface area contributed by atoms with Gasteiger partial charge in [-0.2, -0.15) is 0 Å². The van der Waals surface area contributed by atoms with Gasteiger partial charge in [0.15, 0.2) is 6.10 Å². The number of ether oxygens (including phenoxy) is 2. The van der Waals surface area contributed by atoms with Crippen molar-refractivity contribution < 1.29 is 47.8 Å². The molecule has 11 heteroatoms. The van der Waals surface area contributed by atoms with Gasteiger partial charge >= 0.3 is 19.8 Å². The normalized spacial score (nSPS) is 14.1. The maximum Gasteiger partial charge on any atom is 0.472 e. The average molecular weight is 695 g/mol. The third kappa shape index (κ3) is 33.3. The summed E-state index contributed by atoms with van der Waals surface area (Å²) in [4.78, 5) is 34.7. The monoisotopic (exact) mass is 694 g/mol. The van der Waals surface area contributed by atoms with Crippen molar-refractivity contribution in [3.63, 3.8) is 0 Å². The van der Waals surface area contributed by atoms with Crippen molar-refractivity contribution in [2.75, 3.05) is 26.4 Å². The Bertz CT molecular complexity index is 766. The minimum atomic E-state index is -4.60. The van der Waals surface area contributed by atoms with Gasteiger partial charge in [0.05, 0.1) is 19.8 Å². The summed E-state index contributed by atoms with van der Waals surface area (Å²) in [7, 11) is -4.60. The van der Waals surface area contributed by atoms with Crippen LogP contribution in [0.15, 0.2) is 0 Å². The average Bonchev–Trinajstić information content (AvgIpc) is 3.05. The molecule has 0 saturated carbocycles. The third-order valence-electron chi connectivity index (χ3n) is 8.26. The Morgan fingerprint density at radius 1 is 0.553 bits per heavy atom. The van der Waals surface area contributed by atoms with Crippen molar-refractivity contribution >= 4 is 19.8 Å². The number of unbranched alkanes of at least 4 members (excludes halogenated alkanes) is 22. The predicted molar refractivity (Wildman–Crippen MR) is 187 cm³/mol. The van der Waals surface area contributed by atoms with E-state index in [4.69, 9.17) is 19.1 Å². The summed E-state index contributed by atoms with van der Waals surface area (Å²) in [5, 5.41) is 18.2. The zero-order chi connectivity index (χ0) is 34.9. The number of esters is 2. The number of phosphoric ester groups is 1. The molecule has 0 aliphatic rings. The Labute approximate surface area is 286 Å². The van der Waals surface area contributed by atoms with Crippen LogP contribution in [0, 0.1) is 0 Å². The van der Waals surface area contributed by atoms with Gasteiger partial charge in [-0.15, -0.1) is 0 Å². The van der Waals surface area contributed by atoms with E-state index in [0.29, 0.717) is 12.8 Å². The first-order valence-electron chi connectivity index (χ1n) is 19.0. The predicted octanol–water partition coefficient (Wildman–Crippen LogP) is 9.11. The maximum atomic E-state index is 12.5. The van der Waals surface area contributed by atoms with E-state index in [9.17, 15) is 24.2 Å². The third-order valence-corrected chi connectivity index (χ3v) is 9.21. The molecule has 0 saturated heterocycles. The molecule has 280 valence electrons. The van der Waals surface area contributed by atoms with Crippen molar-refractivity contribution in [1.82, 2.24) is 0 Å². The van der Waals surface area contributed by atoms with Gasteiger partial charge < -0.3 is 24.6 Å². The summed E-state index contributed by atoms with van der Waals surface area (Å²) in [5.74, 6) is -0.916. The topological polar surface area (TPSA) is 149 Å². The molecule has 0 radical (unpaired) electrons. The van der Waals surface area contributed by atoms with E-state index in [0.717, 1.165) is 38.5 Å². The molecule has 3 atom stereocenters. The van der Waals surface area contributed by atoms with Crippen LogP contribution in [-0.2, 0) is 32.7 Å². The van der Waals surface area contributed by atoms with E-state index in [1.165, 1.54) is 103 Å². The molecule has 0 aliphatic heterocycles. The lowest BCUT2D eigenvalue weighted by molar-refractivity contribution is -0.161. The SMILES string of the molecule is CCCCCCCCCCCCCCCC(=O)O[C@H](COC(=O)CCCCCCCCCCCCC)COP(=O)(O)OC[C@@H](O)CO. The summed E-state index contributed by atoms with van der Waals surface area (Å²) in [6.45, 7) is 2.37. The highest BCUT2D eigenvalue weighted by Crippen LogP contribution is 2.43. The van der Waals surface area contributed by atoms with Gasteiger partial charge in [-0.3, -0.25) is 18.6 Å². The molecule has 0 fully saturated rings. The van der Waals surface area contributed by atoms with Crippen LogP contribution in [0.1, 0.15) is 181 Å².